The third-order valence-corrected chi connectivity index (χ3v) is 4.77. The molecule has 112 valence electrons. The van der Waals surface area contributed by atoms with Crippen molar-refractivity contribution in [3.05, 3.63) is 28.2 Å². The topological polar surface area (TPSA) is 66.5 Å². The number of hydrogen-bond acceptors (Lipinski definition) is 3. The molecule has 1 aromatic carbocycles. The average molecular weight is 363 g/mol. The molecule has 0 aromatic heterocycles. The highest BCUT2D eigenvalue weighted by molar-refractivity contribution is 9.10. The van der Waals surface area contributed by atoms with E-state index in [4.69, 9.17) is 0 Å². The van der Waals surface area contributed by atoms with E-state index in [1.54, 1.807) is 40.9 Å². The zero-order valence-electron chi connectivity index (χ0n) is 12.2. The lowest BCUT2D eigenvalue weighted by molar-refractivity contribution is 0.0826. The first kappa shape index (κ1) is 17.1. The molecule has 0 aliphatic rings. The molecule has 0 unspecified atom stereocenters. The molecule has 0 saturated heterocycles. The molecule has 7 heteroatoms. The summed E-state index contributed by atoms with van der Waals surface area (Å²) in [7, 11) is -0.429. The van der Waals surface area contributed by atoms with E-state index in [-0.39, 0.29) is 10.8 Å². The summed E-state index contributed by atoms with van der Waals surface area (Å²) >= 11 is 3.26. The van der Waals surface area contributed by atoms with E-state index in [0.29, 0.717) is 10.0 Å². The first-order chi connectivity index (χ1) is 8.94. The molecule has 0 heterocycles. The van der Waals surface area contributed by atoms with E-state index in [2.05, 4.69) is 20.7 Å². The fourth-order valence-corrected chi connectivity index (χ4v) is 3.40. The van der Waals surface area contributed by atoms with Gasteiger partial charge in [-0.25, -0.2) is 13.1 Å². The molecule has 1 aromatic rings. The molecule has 0 atom stereocenters. The van der Waals surface area contributed by atoms with Crippen molar-refractivity contribution in [3.63, 3.8) is 0 Å². The number of nitrogens with one attached hydrogen (secondary N) is 1. The maximum Gasteiger partial charge on any atom is 0.254 e. The molecule has 0 radical (unpaired) electrons. The van der Waals surface area contributed by atoms with Gasteiger partial charge in [0.15, 0.2) is 0 Å². The monoisotopic (exact) mass is 362 g/mol. The molecule has 0 aliphatic heterocycles. The van der Waals surface area contributed by atoms with Crippen LogP contribution < -0.4 is 4.72 Å². The summed E-state index contributed by atoms with van der Waals surface area (Å²) in [6, 6.07) is 4.40. The van der Waals surface area contributed by atoms with Crippen LogP contribution in [0.1, 0.15) is 31.1 Å². The van der Waals surface area contributed by atoms with Crippen molar-refractivity contribution in [1.29, 1.82) is 0 Å². The fraction of sp³-hybridized carbons (Fsp3) is 0.462. The van der Waals surface area contributed by atoms with Gasteiger partial charge in [-0.3, -0.25) is 4.79 Å². The summed E-state index contributed by atoms with van der Waals surface area (Å²) in [6.07, 6.45) is 0. The SMILES string of the molecule is CN(C)C(=O)c1cc(S(=O)(=O)NC(C)(C)C)ccc1Br. The second-order valence-corrected chi connectivity index (χ2v) is 8.23. The van der Waals surface area contributed by atoms with Crippen molar-refractivity contribution in [2.75, 3.05) is 14.1 Å². The predicted molar refractivity (Wildman–Crippen MR) is 82.2 cm³/mol. The molecule has 0 saturated carbocycles. The Morgan fingerprint density at radius 2 is 1.80 bits per heavy atom. The second-order valence-electron chi connectivity index (χ2n) is 5.70. The van der Waals surface area contributed by atoms with E-state index in [0.717, 1.165) is 0 Å². The minimum Gasteiger partial charge on any atom is -0.345 e. The number of benzene rings is 1. The highest BCUT2D eigenvalue weighted by atomic mass is 79.9. The Morgan fingerprint density at radius 1 is 1.25 bits per heavy atom. The van der Waals surface area contributed by atoms with Crippen LogP contribution in [-0.2, 0) is 10.0 Å². The number of halogens is 1. The maximum absolute atomic E-state index is 12.3. The molecule has 1 N–H and O–H groups in total. The third kappa shape index (κ3) is 4.29. The van der Waals surface area contributed by atoms with Crippen molar-refractivity contribution in [2.45, 2.75) is 31.2 Å². The zero-order valence-corrected chi connectivity index (χ0v) is 14.6. The summed E-state index contributed by atoms with van der Waals surface area (Å²) in [5, 5.41) is 0. The summed E-state index contributed by atoms with van der Waals surface area (Å²) in [6.45, 7) is 5.28. The first-order valence-corrected chi connectivity index (χ1v) is 8.27. The van der Waals surface area contributed by atoms with Crippen LogP contribution in [0.3, 0.4) is 0 Å². The van der Waals surface area contributed by atoms with Crippen LogP contribution in [0.4, 0.5) is 0 Å². The summed E-state index contributed by atoms with van der Waals surface area (Å²) in [5.41, 5.74) is -0.274. The molecule has 20 heavy (non-hydrogen) atoms. The normalized spacial score (nSPS) is 12.3. The number of rotatable bonds is 3. The summed E-state index contributed by atoms with van der Waals surface area (Å²) < 4.78 is 27.6. The van der Waals surface area contributed by atoms with Crippen molar-refractivity contribution >= 4 is 31.9 Å². The van der Waals surface area contributed by atoms with Crippen molar-refractivity contribution in [2.24, 2.45) is 0 Å². The number of hydrogen-bond donors (Lipinski definition) is 1. The average Bonchev–Trinajstić information content (AvgIpc) is 2.25. The van der Waals surface area contributed by atoms with Crippen LogP contribution in [0, 0.1) is 0 Å². The lowest BCUT2D eigenvalue weighted by Crippen LogP contribution is -2.40. The zero-order chi connectivity index (χ0) is 15.7. The van der Waals surface area contributed by atoms with Gasteiger partial charge in [0, 0.05) is 24.1 Å². The van der Waals surface area contributed by atoms with Gasteiger partial charge < -0.3 is 4.90 Å². The van der Waals surface area contributed by atoms with E-state index in [9.17, 15) is 13.2 Å². The minimum atomic E-state index is -3.66. The van der Waals surface area contributed by atoms with Gasteiger partial charge >= 0.3 is 0 Å². The fourth-order valence-electron chi connectivity index (χ4n) is 1.54. The Morgan fingerprint density at radius 3 is 2.25 bits per heavy atom. The van der Waals surface area contributed by atoms with Gasteiger partial charge in [-0.05, 0) is 54.9 Å². The standard InChI is InChI=1S/C13H19BrN2O3S/c1-13(2,3)15-20(18,19)9-6-7-11(14)10(8-9)12(17)16(4)5/h6-8,15H,1-5H3. The van der Waals surface area contributed by atoms with Gasteiger partial charge in [0.1, 0.15) is 0 Å². The molecule has 0 aliphatic carbocycles. The molecule has 1 rings (SSSR count). The molecule has 5 nitrogen and oxygen atoms in total. The number of nitrogens with zero attached hydrogens (tertiary/aromatic N) is 1. The Bertz CT molecular complexity index is 619. The van der Waals surface area contributed by atoms with Gasteiger partial charge in [0.05, 0.1) is 10.5 Å². The van der Waals surface area contributed by atoms with Gasteiger partial charge in [0.2, 0.25) is 10.0 Å². The Balaban J connectivity index is 3.29. The largest absolute Gasteiger partial charge is 0.345 e. The smallest absolute Gasteiger partial charge is 0.254 e. The lowest BCUT2D eigenvalue weighted by atomic mass is 10.1. The Labute approximate surface area is 128 Å². The molecule has 0 spiro atoms. The molecule has 1 amide bonds. The van der Waals surface area contributed by atoms with Crippen LogP contribution in [0.2, 0.25) is 0 Å². The van der Waals surface area contributed by atoms with Crippen LogP contribution in [-0.4, -0.2) is 38.9 Å². The third-order valence-electron chi connectivity index (χ3n) is 2.33. The Kier molecular flexibility index (Phi) is 4.99. The number of amides is 1. The molecular formula is C13H19BrN2O3S. The number of carbonyl (C=O) groups excluding carboxylic acids is 1. The van der Waals surface area contributed by atoms with Crippen LogP contribution in [0.25, 0.3) is 0 Å². The van der Waals surface area contributed by atoms with E-state index < -0.39 is 15.6 Å². The molecule has 0 fully saturated rings. The Hall–Kier alpha value is -0.920. The first-order valence-electron chi connectivity index (χ1n) is 5.99. The molecule has 0 bridgehead atoms. The van der Waals surface area contributed by atoms with E-state index in [1.807, 2.05) is 0 Å². The second kappa shape index (κ2) is 5.83. The predicted octanol–water partition coefficient (Wildman–Crippen LogP) is 2.23. The van der Waals surface area contributed by atoms with Gasteiger partial charge in [-0.1, -0.05) is 0 Å². The quantitative estimate of drug-likeness (QED) is 0.896. The van der Waals surface area contributed by atoms with E-state index >= 15 is 0 Å². The highest BCUT2D eigenvalue weighted by Crippen LogP contribution is 2.23. The number of carbonyl (C=O) groups is 1. The van der Waals surface area contributed by atoms with Gasteiger partial charge in [0.25, 0.3) is 5.91 Å². The van der Waals surface area contributed by atoms with Crippen LogP contribution in [0.15, 0.2) is 27.6 Å². The minimum absolute atomic E-state index is 0.0702. The van der Waals surface area contributed by atoms with Crippen molar-refractivity contribution < 1.29 is 13.2 Å². The number of sulfonamides is 1. The van der Waals surface area contributed by atoms with Gasteiger partial charge in [-0.15, -0.1) is 0 Å². The van der Waals surface area contributed by atoms with Crippen molar-refractivity contribution in [1.82, 2.24) is 9.62 Å². The lowest BCUT2D eigenvalue weighted by Gasteiger charge is -2.21. The summed E-state index contributed by atoms with van der Waals surface area (Å²) in [5.74, 6) is -0.260. The van der Waals surface area contributed by atoms with Crippen LogP contribution in [0.5, 0.6) is 0 Å². The van der Waals surface area contributed by atoms with Crippen LogP contribution >= 0.6 is 15.9 Å². The summed E-state index contributed by atoms with van der Waals surface area (Å²) in [4.78, 5) is 13.5. The van der Waals surface area contributed by atoms with Gasteiger partial charge in [-0.2, -0.15) is 0 Å². The van der Waals surface area contributed by atoms with E-state index in [1.165, 1.54) is 17.0 Å². The highest BCUT2D eigenvalue weighted by Gasteiger charge is 2.24. The molecular weight excluding hydrogens is 344 g/mol. The van der Waals surface area contributed by atoms with Crippen molar-refractivity contribution in [3.8, 4) is 0 Å². The maximum atomic E-state index is 12.3.